The van der Waals surface area contributed by atoms with E-state index in [0.717, 1.165) is 19.0 Å². The molecule has 20 heavy (non-hydrogen) atoms. The average Bonchev–Trinajstić information content (AvgIpc) is 3.17. The lowest BCUT2D eigenvalue weighted by Crippen LogP contribution is -2.28. The second kappa shape index (κ2) is 7.24. The molecule has 1 saturated carbocycles. The summed E-state index contributed by atoms with van der Waals surface area (Å²) in [6.07, 6.45) is 4.24. The smallest absolute Gasteiger partial charge is 0.0953 e. The SMILES string of the molecule is Cc1cccc(C(CNC2CC2)OC(C)CC(C)C)c1. The van der Waals surface area contributed by atoms with Crippen molar-refractivity contribution < 1.29 is 4.74 Å². The molecular formula is C18H29NO. The normalized spacial score (nSPS) is 18.2. The fourth-order valence-electron chi connectivity index (χ4n) is 2.68. The minimum absolute atomic E-state index is 0.171. The first kappa shape index (κ1) is 15.5. The fourth-order valence-corrected chi connectivity index (χ4v) is 2.68. The molecule has 2 rings (SSSR count). The molecule has 0 amide bonds. The number of hydrogen-bond acceptors (Lipinski definition) is 2. The lowest BCUT2D eigenvalue weighted by Gasteiger charge is -2.25. The van der Waals surface area contributed by atoms with E-state index >= 15 is 0 Å². The summed E-state index contributed by atoms with van der Waals surface area (Å²) < 4.78 is 6.32. The summed E-state index contributed by atoms with van der Waals surface area (Å²) in [5, 5.41) is 3.61. The van der Waals surface area contributed by atoms with Gasteiger partial charge < -0.3 is 10.1 Å². The molecule has 1 fully saturated rings. The summed E-state index contributed by atoms with van der Waals surface area (Å²) in [6.45, 7) is 9.77. The van der Waals surface area contributed by atoms with Crippen LogP contribution in [-0.2, 0) is 4.74 Å². The van der Waals surface area contributed by atoms with Crippen molar-refractivity contribution in [3.8, 4) is 0 Å². The summed E-state index contributed by atoms with van der Waals surface area (Å²) in [7, 11) is 0. The highest BCUT2D eigenvalue weighted by atomic mass is 16.5. The van der Waals surface area contributed by atoms with E-state index in [1.54, 1.807) is 0 Å². The molecule has 0 aromatic heterocycles. The first-order valence-corrected chi connectivity index (χ1v) is 8.00. The van der Waals surface area contributed by atoms with E-state index in [1.807, 2.05) is 0 Å². The molecule has 0 radical (unpaired) electrons. The van der Waals surface area contributed by atoms with Crippen LogP contribution in [0.1, 0.15) is 57.3 Å². The summed E-state index contributed by atoms with van der Waals surface area (Å²) in [6, 6.07) is 9.44. The van der Waals surface area contributed by atoms with Crippen LogP contribution in [0.3, 0.4) is 0 Å². The Morgan fingerprint density at radius 2 is 2.00 bits per heavy atom. The predicted octanol–water partition coefficient (Wildman–Crippen LogP) is 4.24. The summed E-state index contributed by atoms with van der Waals surface area (Å²) in [5.74, 6) is 0.680. The minimum Gasteiger partial charge on any atom is -0.369 e. The van der Waals surface area contributed by atoms with Crippen LogP contribution in [0.5, 0.6) is 0 Å². The van der Waals surface area contributed by atoms with Gasteiger partial charge in [0.15, 0.2) is 0 Å². The molecule has 2 heteroatoms. The second-order valence-electron chi connectivity index (χ2n) is 6.66. The maximum absolute atomic E-state index is 6.32. The summed E-state index contributed by atoms with van der Waals surface area (Å²) in [4.78, 5) is 0. The largest absolute Gasteiger partial charge is 0.369 e. The van der Waals surface area contributed by atoms with Crippen molar-refractivity contribution in [2.75, 3.05) is 6.54 Å². The third-order valence-corrected chi connectivity index (χ3v) is 3.78. The average molecular weight is 275 g/mol. The third kappa shape index (κ3) is 5.26. The predicted molar refractivity (Wildman–Crippen MR) is 84.9 cm³/mol. The number of nitrogens with one attached hydrogen (secondary N) is 1. The zero-order chi connectivity index (χ0) is 14.5. The molecule has 0 saturated heterocycles. The highest BCUT2D eigenvalue weighted by molar-refractivity contribution is 5.24. The van der Waals surface area contributed by atoms with E-state index in [1.165, 1.54) is 24.0 Å². The van der Waals surface area contributed by atoms with E-state index in [-0.39, 0.29) is 6.10 Å². The number of hydrogen-bond donors (Lipinski definition) is 1. The lowest BCUT2D eigenvalue weighted by atomic mass is 10.0. The van der Waals surface area contributed by atoms with Gasteiger partial charge in [-0.3, -0.25) is 0 Å². The molecule has 2 nitrogen and oxygen atoms in total. The van der Waals surface area contributed by atoms with Crippen LogP contribution < -0.4 is 5.32 Å². The molecule has 2 unspecified atom stereocenters. The number of aryl methyl sites for hydroxylation is 1. The van der Waals surface area contributed by atoms with Crippen LogP contribution >= 0.6 is 0 Å². The van der Waals surface area contributed by atoms with Crippen LogP contribution in [0.25, 0.3) is 0 Å². The van der Waals surface area contributed by atoms with Gasteiger partial charge in [0.05, 0.1) is 12.2 Å². The Bertz CT molecular complexity index is 412. The van der Waals surface area contributed by atoms with Gasteiger partial charge in [-0.15, -0.1) is 0 Å². The van der Waals surface area contributed by atoms with Crippen LogP contribution in [0.15, 0.2) is 24.3 Å². The highest BCUT2D eigenvalue weighted by Crippen LogP contribution is 2.25. The van der Waals surface area contributed by atoms with Crippen LogP contribution in [0.2, 0.25) is 0 Å². The Morgan fingerprint density at radius 3 is 2.60 bits per heavy atom. The van der Waals surface area contributed by atoms with Crippen molar-refractivity contribution in [3.63, 3.8) is 0 Å². The van der Waals surface area contributed by atoms with E-state index in [2.05, 4.69) is 57.3 Å². The van der Waals surface area contributed by atoms with Crippen molar-refractivity contribution in [1.82, 2.24) is 5.32 Å². The van der Waals surface area contributed by atoms with Crippen molar-refractivity contribution in [2.24, 2.45) is 5.92 Å². The van der Waals surface area contributed by atoms with Gasteiger partial charge in [-0.2, -0.15) is 0 Å². The molecule has 0 bridgehead atoms. The minimum atomic E-state index is 0.171. The summed E-state index contributed by atoms with van der Waals surface area (Å²) >= 11 is 0. The first-order valence-electron chi connectivity index (χ1n) is 8.00. The van der Waals surface area contributed by atoms with Crippen molar-refractivity contribution in [2.45, 2.75) is 65.2 Å². The van der Waals surface area contributed by atoms with E-state index in [9.17, 15) is 0 Å². The topological polar surface area (TPSA) is 21.3 Å². The monoisotopic (exact) mass is 275 g/mol. The van der Waals surface area contributed by atoms with E-state index in [4.69, 9.17) is 4.74 Å². The summed E-state index contributed by atoms with van der Waals surface area (Å²) in [5.41, 5.74) is 2.60. The Hall–Kier alpha value is -0.860. The van der Waals surface area contributed by atoms with E-state index < -0.39 is 0 Å². The van der Waals surface area contributed by atoms with Gasteiger partial charge in [0.2, 0.25) is 0 Å². The number of ether oxygens (including phenoxy) is 1. The van der Waals surface area contributed by atoms with E-state index in [0.29, 0.717) is 12.0 Å². The van der Waals surface area contributed by atoms with Crippen LogP contribution in [-0.4, -0.2) is 18.7 Å². The quantitative estimate of drug-likeness (QED) is 0.766. The zero-order valence-electron chi connectivity index (χ0n) is 13.4. The Labute approximate surface area is 123 Å². The van der Waals surface area contributed by atoms with Gasteiger partial charge in [-0.05, 0) is 44.6 Å². The fraction of sp³-hybridized carbons (Fsp3) is 0.667. The van der Waals surface area contributed by atoms with Crippen LogP contribution in [0.4, 0.5) is 0 Å². The number of rotatable bonds is 8. The van der Waals surface area contributed by atoms with Gasteiger partial charge in [-0.25, -0.2) is 0 Å². The molecule has 1 aromatic carbocycles. The Morgan fingerprint density at radius 1 is 1.25 bits per heavy atom. The molecule has 1 aliphatic carbocycles. The first-order chi connectivity index (χ1) is 9.54. The molecular weight excluding hydrogens is 246 g/mol. The Kier molecular flexibility index (Phi) is 5.62. The second-order valence-corrected chi connectivity index (χ2v) is 6.66. The van der Waals surface area contributed by atoms with Gasteiger partial charge >= 0.3 is 0 Å². The molecule has 0 aliphatic heterocycles. The zero-order valence-corrected chi connectivity index (χ0v) is 13.4. The van der Waals surface area contributed by atoms with Crippen LogP contribution in [0, 0.1) is 12.8 Å². The maximum atomic E-state index is 6.32. The maximum Gasteiger partial charge on any atom is 0.0953 e. The molecule has 1 aliphatic rings. The van der Waals surface area contributed by atoms with Gasteiger partial charge in [-0.1, -0.05) is 43.7 Å². The van der Waals surface area contributed by atoms with Gasteiger partial charge in [0.25, 0.3) is 0 Å². The lowest BCUT2D eigenvalue weighted by molar-refractivity contribution is -0.0128. The molecule has 0 heterocycles. The number of benzene rings is 1. The molecule has 2 atom stereocenters. The molecule has 1 aromatic rings. The standard InChI is InChI=1S/C18H29NO/c1-13(2)10-15(4)20-18(12-19-17-8-9-17)16-7-5-6-14(3)11-16/h5-7,11,13,15,17-19H,8-10,12H2,1-4H3. The van der Waals surface area contributed by atoms with Gasteiger partial charge in [0, 0.05) is 12.6 Å². The van der Waals surface area contributed by atoms with Crippen molar-refractivity contribution in [3.05, 3.63) is 35.4 Å². The van der Waals surface area contributed by atoms with Crippen molar-refractivity contribution >= 4 is 0 Å². The van der Waals surface area contributed by atoms with Gasteiger partial charge in [0.1, 0.15) is 0 Å². The highest BCUT2D eigenvalue weighted by Gasteiger charge is 2.23. The third-order valence-electron chi connectivity index (χ3n) is 3.78. The van der Waals surface area contributed by atoms with Crippen molar-refractivity contribution in [1.29, 1.82) is 0 Å². The molecule has 0 spiro atoms. The molecule has 1 N–H and O–H groups in total. The Balaban J connectivity index is 1.98. The molecule has 112 valence electrons.